The molecule has 1 heterocycles. The maximum absolute atomic E-state index is 6.02. The van der Waals surface area contributed by atoms with Gasteiger partial charge < -0.3 is 10.1 Å². The third kappa shape index (κ3) is 3.56. The average Bonchev–Trinajstić information content (AvgIpc) is 2.71. The van der Waals surface area contributed by atoms with Gasteiger partial charge in [-0.1, -0.05) is 37.3 Å². The van der Waals surface area contributed by atoms with Gasteiger partial charge in [-0.05, 0) is 38.7 Å². The largest absolute Gasteiger partial charge is 0.371 e. The summed E-state index contributed by atoms with van der Waals surface area (Å²) >= 11 is 0. The number of ether oxygens (including phenoxy) is 1. The fraction of sp³-hybridized carbons (Fsp3) is 0.625. The Morgan fingerprint density at radius 3 is 2.61 bits per heavy atom. The van der Waals surface area contributed by atoms with E-state index in [-0.39, 0.29) is 5.60 Å². The second-order valence-corrected chi connectivity index (χ2v) is 5.82. The average molecular weight is 247 g/mol. The van der Waals surface area contributed by atoms with Gasteiger partial charge in [0.25, 0.3) is 0 Å². The molecule has 2 heteroatoms. The Hall–Kier alpha value is -0.860. The van der Waals surface area contributed by atoms with E-state index in [9.17, 15) is 0 Å². The molecule has 2 rings (SSSR count). The van der Waals surface area contributed by atoms with Crippen LogP contribution < -0.4 is 5.32 Å². The van der Waals surface area contributed by atoms with Gasteiger partial charge in [0.05, 0.1) is 11.7 Å². The molecule has 1 N–H and O–H groups in total. The zero-order valence-electron chi connectivity index (χ0n) is 11.8. The van der Waals surface area contributed by atoms with Crippen molar-refractivity contribution in [2.45, 2.75) is 57.8 Å². The first-order valence-electron chi connectivity index (χ1n) is 7.07. The molecule has 2 unspecified atom stereocenters. The number of benzene rings is 1. The number of hydrogen-bond donors (Lipinski definition) is 1. The van der Waals surface area contributed by atoms with Crippen LogP contribution in [0.4, 0.5) is 0 Å². The van der Waals surface area contributed by atoms with Crippen LogP contribution in [0.25, 0.3) is 0 Å². The highest BCUT2D eigenvalue weighted by Crippen LogP contribution is 2.29. The van der Waals surface area contributed by atoms with Crippen molar-refractivity contribution in [2.24, 2.45) is 0 Å². The smallest absolute Gasteiger partial charge is 0.0708 e. The fourth-order valence-electron chi connectivity index (χ4n) is 2.68. The van der Waals surface area contributed by atoms with Crippen molar-refractivity contribution in [3.63, 3.8) is 0 Å². The molecular formula is C16H25NO. The lowest BCUT2D eigenvalue weighted by Crippen LogP contribution is -2.31. The molecule has 2 atom stereocenters. The highest BCUT2D eigenvalue weighted by atomic mass is 16.5. The van der Waals surface area contributed by atoms with Crippen LogP contribution in [-0.2, 0) is 4.74 Å². The Bertz CT molecular complexity index is 361. The van der Waals surface area contributed by atoms with Gasteiger partial charge in [-0.2, -0.15) is 0 Å². The first-order chi connectivity index (χ1) is 8.61. The maximum atomic E-state index is 6.02. The third-order valence-corrected chi connectivity index (χ3v) is 3.76. The number of hydrogen-bond acceptors (Lipinski definition) is 2. The summed E-state index contributed by atoms with van der Waals surface area (Å²) in [7, 11) is 0. The van der Waals surface area contributed by atoms with Crippen LogP contribution in [-0.4, -0.2) is 18.2 Å². The molecule has 0 spiro atoms. The minimum atomic E-state index is 0.0702. The molecule has 100 valence electrons. The van der Waals surface area contributed by atoms with Crippen LogP contribution in [0.5, 0.6) is 0 Å². The number of nitrogens with one attached hydrogen (secondary N) is 1. The van der Waals surface area contributed by atoms with Crippen LogP contribution in [0, 0.1) is 0 Å². The van der Waals surface area contributed by atoms with E-state index in [1.165, 1.54) is 18.4 Å². The summed E-state index contributed by atoms with van der Waals surface area (Å²) in [6.07, 6.45) is 3.82. The first kappa shape index (κ1) is 13.6. The summed E-state index contributed by atoms with van der Waals surface area (Å²) in [5.74, 6) is 0. The topological polar surface area (TPSA) is 21.3 Å². The predicted octanol–water partition coefficient (Wildman–Crippen LogP) is 3.68. The molecule has 1 saturated heterocycles. The maximum Gasteiger partial charge on any atom is 0.0708 e. The van der Waals surface area contributed by atoms with E-state index in [2.05, 4.69) is 56.4 Å². The molecule has 0 aliphatic carbocycles. The van der Waals surface area contributed by atoms with Gasteiger partial charge in [0.15, 0.2) is 0 Å². The van der Waals surface area contributed by atoms with Crippen LogP contribution in [0.15, 0.2) is 30.3 Å². The third-order valence-electron chi connectivity index (χ3n) is 3.76. The molecule has 18 heavy (non-hydrogen) atoms. The van der Waals surface area contributed by atoms with Crippen molar-refractivity contribution in [3.8, 4) is 0 Å². The van der Waals surface area contributed by atoms with Gasteiger partial charge in [0.2, 0.25) is 0 Å². The second-order valence-electron chi connectivity index (χ2n) is 5.82. The van der Waals surface area contributed by atoms with Crippen LogP contribution >= 0.6 is 0 Å². The van der Waals surface area contributed by atoms with E-state index < -0.39 is 0 Å². The second kappa shape index (κ2) is 5.85. The molecule has 1 aliphatic heterocycles. The van der Waals surface area contributed by atoms with E-state index in [1.54, 1.807) is 0 Å². The fourth-order valence-corrected chi connectivity index (χ4v) is 2.68. The minimum absolute atomic E-state index is 0.0702. The van der Waals surface area contributed by atoms with Crippen LogP contribution in [0.3, 0.4) is 0 Å². The molecule has 0 radical (unpaired) electrons. The van der Waals surface area contributed by atoms with Crippen LogP contribution in [0.1, 0.15) is 51.6 Å². The monoisotopic (exact) mass is 247 g/mol. The van der Waals surface area contributed by atoms with Gasteiger partial charge >= 0.3 is 0 Å². The molecular weight excluding hydrogens is 222 g/mol. The number of rotatable bonds is 5. The van der Waals surface area contributed by atoms with Gasteiger partial charge in [-0.15, -0.1) is 0 Å². The highest BCUT2D eigenvalue weighted by Gasteiger charge is 2.31. The van der Waals surface area contributed by atoms with Gasteiger partial charge in [0, 0.05) is 12.6 Å². The SMILES string of the molecule is CCC(NCC1CCC(C)(C)O1)c1ccccc1. The summed E-state index contributed by atoms with van der Waals surface area (Å²) < 4.78 is 6.02. The summed E-state index contributed by atoms with van der Waals surface area (Å²) in [4.78, 5) is 0. The van der Waals surface area contributed by atoms with Gasteiger partial charge in [-0.25, -0.2) is 0 Å². The van der Waals surface area contributed by atoms with Crippen molar-refractivity contribution >= 4 is 0 Å². The minimum Gasteiger partial charge on any atom is -0.371 e. The van der Waals surface area contributed by atoms with Crippen molar-refractivity contribution in [1.82, 2.24) is 5.32 Å². The van der Waals surface area contributed by atoms with E-state index >= 15 is 0 Å². The lowest BCUT2D eigenvalue weighted by atomic mass is 10.0. The van der Waals surface area contributed by atoms with E-state index in [1.807, 2.05) is 0 Å². The van der Waals surface area contributed by atoms with Crippen molar-refractivity contribution in [2.75, 3.05) is 6.54 Å². The Morgan fingerprint density at radius 1 is 1.33 bits per heavy atom. The molecule has 1 aromatic rings. The van der Waals surface area contributed by atoms with E-state index in [0.29, 0.717) is 12.1 Å². The van der Waals surface area contributed by atoms with Crippen molar-refractivity contribution in [1.29, 1.82) is 0 Å². The van der Waals surface area contributed by atoms with Gasteiger partial charge in [-0.3, -0.25) is 0 Å². The predicted molar refractivity (Wildman–Crippen MR) is 75.7 cm³/mol. The zero-order chi connectivity index (χ0) is 13.0. The Kier molecular flexibility index (Phi) is 4.41. The molecule has 0 amide bonds. The summed E-state index contributed by atoms with van der Waals surface area (Å²) in [5.41, 5.74) is 1.44. The van der Waals surface area contributed by atoms with Crippen LogP contribution in [0.2, 0.25) is 0 Å². The molecule has 0 aromatic heterocycles. The molecule has 2 nitrogen and oxygen atoms in total. The van der Waals surface area contributed by atoms with E-state index in [4.69, 9.17) is 4.74 Å². The van der Waals surface area contributed by atoms with Gasteiger partial charge in [0.1, 0.15) is 0 Å². The summed E-state index contributed by atoms with van der Waals surface area (Å²) in [5, 5.41) is 3.64. The molecule has 1 aliphatic rings. The summed E-state index contributed by atoms with van der Waals surface area (Å²) in [6, 6.07) is 11.1. The molecule has 0 saturated carbocycles. The lowest BCUT2D eigenvalue weighted by molar-refractivity contribution is -0.0152. The Balaban J connectivity index is 1.85. The standard InChI is InChI=1S/C16H25NO/c1-4-15(13-8-6-5-7-9-13)17-12-14-10-11-16(2,3)18-14/h5-9,14-15,17H,4,10-12H2,1-3H3. The molecule has 1 fully saturated rings. The lowest BCUT2D eigenvalue weighted by Gasteiger charge is -2.22. The highest BCUT2D eigenvalue weighted by molar-refractivity contribution is 5.18. The molecule has 1 aromatic carbocycles. The summed E-state index contributed by atoms with van der Waals surface area (Å²) in [6.45, 7) is 7.55. The quantitative estimate of drug-likeness (QED) is 0.857. The Labute approximate surface area is 111 Å². The zero-order valence-corrected chi connectivity index (χ0v) is 11.8. The normalized spacial score (nSPS) is 24.1. The van der Waals surface area contributed by atoms with E-state index in [0.717, 1.165) is 13.0 Å². The van der Waals surface area contributed by atoms with Crippen molar-refractivity contribution in [3.05, 3.63) is 35.9 Å². The van der Waals surface area contributed by atoms with Crippen molar-refractivity contribution < 1.29 is 4.74 Å². The Morgan fingerprint density at radius 2 is 2.06 bits per heavy atom. The first-order valence-corrected chi connectivity index (χ1v) is 7.07. The molecule has 0 bridgehead atoms.